The molecule has 3 aromatic rings. The second-order valence-electron chi connectivity index (χ2n) is 4.96. The number of ether oxygens (including phenoxy) is 2. The van der Waals surface area contributed by atoms with Gasteiger partial charge in [-0.25, -0.2) is 0 Å². The van der Waals surface area contributed by atoms with Gasteiger partial charge in [-0.15, -0.1) is 11.3 Å². The van der Waals surface area contributed by atoms with Crippen molar-refractivity contribution < 1.29 is 14.3 Å². The highest BCUT2D eigenvalue weighted by Gasteiger charge is 2.09. The van der Waals surface area contributed by atoms with Crippen LogP contribution in [0.5, 0.6) is 11.5 Å². The van der Waals surface area contributed by atoms with Crippen LogP contribution in [0, 0.1) is 0 Å². The zero-order valence-corrected chi connectivity index (χ0v) is 13.7. The van der Waals surface area contributed by atoms with E-state index in [-0.39, 0.29) is 5.78 Å². The SMILES string of the molecule is COc1ccc(/C=C/C(=O)c2csc3ccccc23)cc1OC. The van der Waals surface area contributed by atoms with Crippen molar-refractivity contribution in [2.75, 3.05) is 14.2 Å². The summed E-state index contributed by atoms with van der Waals surface area (Å²) in [6.07, 6.45) is 3.38. The van der Waals surface area contributed by atoms with Crippen molar-refractivity contribution in [3.05, 3.63) is 65.0 Å². The van der Waals surface area contributed by atoms with Crippen LogP contribution < -0.4 is 9.47 Å². The number of benzene rings is 2. The number of hydrogen-bond donors (Lipinski definition) is 0. The van der Waals surface area contributed by atoms with Crippen LogP contribution in [-0.2, 0) is 0 Å². The van der Waals surface area contributed by atoms with Crippen molar-refractivity contribution in [2.45, 2.75) is 0 Å². The van der Waals surface area contributed by atoms with E-state index >= 15 is 0 Å². The summed E-state index contributed by atoms with van der Waals surface area (Å²) in [5, 5.41) is 2.91. The third-order valence-corrected chi connectivity index (χ3v) is 4.54. The molecule has 0 aliphatic rings. The van der Waals surface area contributed by atoms with Gasteiger partial charge in [0, 0.05) is 21.0 Å². The van der Waals surface area contributed by atoms with E-state index < -0.39 is 0 Å². The standard InChI is InChI=1S/C19H16O3S/c1-21-17-10-8-13(11-18(17)22-2)7-9-16(20)15-12-23-19-6-4-3-5-14(15)19/h3-12H,1-2H3/b9-7+. The van der Waals surface area contributed by atoms with Gasteiger partial charge in [0.2, 0.25) is 0 Å². The van der Waals surface area contributed by atoms with Gasteiger partial charge in [-0.3, -0.25) is 4.79 Å². The second kappa shape index (κ2) is 6.67. The Morgan fingerprint density at radius 3 is 2.61 bits per heavy atom. The molecule has 0 spiro atoms. The minimum atomic E-state index is -0.00256. The van der Waals surface area contributed by atoms with E-state index in [4.69, 9.17) is 9.47 Å². The van der Waals surface area contributed by atoms with Gasteiger partial charge in [-0.05, 0) is 29.8 Å². The molecule has 116 valence electrons. The van der Waals surface area contributed by atoms with E-state index in [1.807, 2.05) is 47.8 Å². The summed E-state index contributed by atoms with van der Waals surface area (Å²) in [5.74, 6) is 1.31. The molecular formula is C19H16O3S. The van der Waals surface area contributed by atoms with Crippen LogP contribution in [0.4, 0.5) is 0 Å². The lowest BCUT2D eigenvalue weighted by molar-refractivity contribution is 0.104. The number of carbonyl (C=O) groups is 1. The van der Waals surface area contributed by atoms with Crippen molar-refractivity contribution in [3.8, 4) is 11.5 Å². The molecule has 0 bridgehead atoms. The summed E-state index contributed by atoms with van der Waals surface area (Å²) in [7, 11) is 3.19. The van der Waals surface area contributed by atoms with E-state index in [0.717, 1.165) is 21.2 Å². The van der Waals surface area contributed by atoms with Gasteiger partial charge < -0.3 is 9.47 Å². The van der Waals surface area contributed by atoms with Crippen LogP contribution in [0.15, 0.2) is 53.9 Å². The van der Waals surface area contributed by atoms with Crippen molar-refractivity contribution >= 4 is 33.3 Å². The van der Waals surface area contributed by atoms with E-state index in [9.17, 15) is 4.79 Å². The molecule has 0 saturated heterocycles. The smallest absolute Gasteiger partial charge is 0.187 e. The third kappa shape index (κ3) is 3.12. The number of ketones is 1. The molecule has 3 rings (SSSR count). The summed E-state index contributed by atoms with van der Waals surface area (Å²) in [6.45, 7) is 0. The number of hydrogen-bond acceptors (Lipinski definition) is 4. The highest BCUT2D eigenvalue weighted by molar-refractivity contribution is 7.17. The lowest BCUT2D eigenvalue weighted by atomic mass is 10.1. The molecule has 0 aliphatic heterocycles. The minimum Gasteiger partial charge on any atom is -0.493 e. The fourth-order valence-corrected chi connectivity index (χ4v) is 3.34. The van der Waals surface area contributed by atoms with Crippen molar-refractivity contribution in [3.63, 3.8) is 0 Å². The first-order chi connectivity index (χ1) is 11.2. The summed E-state index contributed by atoms with van der Waals surface area (Å²) in [4.78, 5) is 12.4. The predicted octanol–water partition coefficient (Wildman–Crippen LogP) is 4.81. The first-order valence-electron chi connectivity index (χ1n) is 7.13. The van der Waals surface area contributed by atoms with Crippen LogP contribution >= 0.6 is 11.3 Å². The Labute approximate surface area is 138 Å². The Morgan fingerprint density at radius 1 is 1.04 bits per heavy atom. The predicted molar refractivity (Wildman–Crippen MR) is 94.7 cm³/mol. The van der Waals surface area contributed by atoms with E-state index in [2.05, 4.69) is 0 Å². The molecule has 23 heavy (non-hydrogen) atoms. The van der Waals surface area contributed by atoms with Crippen LogP contribution in [0.25, 0.3) is 16.2 Å². The largest absolute Gasteiger partial charge is 0.493 e. The monoisotopic (exact) mass is 324 g/mol. The van der Waals surface area contributed by atoms with Crippen molar-refractivity contribution in [2.24, 2.45) is 0 Å². The molecule has 0 fully saturated rings. The summed E-state index contributed by atoms with van der Waals surface area (Å²) >= 11 is 1.58. The fraction of sp³-hybridized carbons (Fsp3) is 0.105. The van der Waals surface area contributed by atoms with Crippen LogP contribution in [0.1, 0.15) is 15.9 Å². The van der Waals surface area contributed by atoms with Gasteiger partial charge in [0.1, 0.15) is 0 Å². The molecule has 0 N–H and O–H groups in total. The third-order valence-electron chi connectivity index (χ3n) is 3.58. The van der Waals surface area contributed by atoms with Crippen LogP contribution in [-0.4, -0.2) is 20.0 Å². The first kappa shape index (κ1) is 15.3. The Kier molecular flexibility index (Phi) is 4.44. The molecule has 0 unspecified atom stereocenters. The average Bonchev–Trinajstić information content (AvgIpc) is 3.03. The average molecular weight is 324 g/mol. The molecule has 4 heteroatoms. The molecular weight excluding hydrogens is 308 g/mol. The number of methoxy groups -OCH3 is 2. The fourth-order valence-electron chi connectivity index (χ4n) is 2.39. The Hall–Kier alpha value is -2.59. The molecule has 3 nitrogen and oxygen atoms in total. The maximum atomic E-state index is 12.4. The van der Waals surface area contributed by atoms with Crippen LogP contribution in [0.2, 0.25) is 0 Å². The van der Waals surface area contributed by atoms with Gasteiger partial charge in [-0.1, -0.05) is 30.3 Å². The number of thiophene rings is 1. The Morgan fingerprint density at radius 2 is 1.83 bits per heavy atom. The van der Waals surface area contributed by atoms with Gasteiger partial charge in [-0.2, -0.15) is 0 Å². The molecule has 0 saturated carbocycles. The Bertz CT molecular complexity index is 877. The molecule has 0 aliphatic carbocycles. The first-order valence-corrected chi connectivity index (χ1v) is 8.01. The van der Waals surface area contributed by atoms with Crippen LogP contribution in [0.3, 0.4) is 0 Å². The number of allylic oxidation sites excluding steroid dienone is 1. The van der Waals surface area contributed by atoms with Crippen molar-refractivity contribution in [1.29, 1.82) is 0 Å². The molecule has 0 amide bonds. The zero-order chi connectivity index (χ0) is 16.2. The molecule has 1 aromatic heterocycles. The summed E-state index contributed by atoms with van der Waals surface area (Å²) in [5.41, 5.74) is 1.62. The summed E-state index contributed by atoms with van der Waals surface area (Å²) in [6, 6.07) is 13.5. The van der Waals surface area contributed by atoms with E-state index in [1.165, 1.54) is 0 Å². The number of carbonyl (C=O) groups excluding carboxylic acids is 1. The normalized spacial score (nSPS) is 11.0. The highest BCUT2D eigenvalue weighted by Crippen LogP contribution is 2.29. The topological polar surface area (TPSA) is 35.5 Å². The van der Waals surface area contributed by atoms with E-state index in [0.29, 0.717) is 11.5 Å². The molecule has 1 heterocycles. The van der Waals surface area contributed by atoms with Gasteiger partial charge in [0.05, 0.1) is 14.2 Å². The van der Waals surface area contributed by atoms with Gasteiger partial charge >= 0.3 is 0 Å². The zero-order valence-electron chi connectivity index (χ0n) is 12.9. The molecule has 2 aromatic carbocycles. The second-order valence-corrected chi connectivity index (χ2v) is 5.87. The number of fused-ring (bicyclic) bond motifs is 1. The Balaban J connectivity index is 1.86. The van der Waals surface area contributed by atoms with Gasteiger partial charge in [0.15, 0.2) is 17.3 Å². The lowest BCUT2D eigenvalue weighted by Crippen LogP contribution is -1.93. The molecule has 0 radical (unpaired) electrons. The van der Waals surface area contributed by atoms with Crippen molar-refractivity contribution in [1.82, 2.24) is 0 Å². The highest BCUT2D eigenvalue weighted by atomic mass is 32.1. The van der Waals surface area contributed by atoms with Gasteiger partial charge in [0.25, 0.3) is 0 Å². The maximum absolute atomic E-state index is 12.4. The lowest BCUT2D eigenvalue weighted by Gasteiger charge is -2.07. The summed E-state index contributed by atoms with van der Waals surface area (Å²) < 4.78 is 11.6. The van der Waals surface area contributed by atoms with E-state index in [1.54, 1.807) is 37.7 Å². The molecule has 0 atom stereocenters. The quantitative estimate of drug-likeness (QED) is 0.499. The number of rotatable bonds is 5. The minimum absolute atomic E-state index is 0.00256. The maximum Gasteiger partial charge on any atom is 0.187 e.